The average Bonchev–Trinajstić information content (AvgIpc) is 2.36. The second-order valence-corrected chi connectivity index (χ2v) is 5.82. The number of nitrogens with one attached hydrogen (secondary N) is 1. The normalized spacial score (nSPS) is 11.6. The molecule has 0 aliphatic carbocycles. The summed E-state index contributed by atoms with van der Waals surface area (Å²) in [4.78, 5) is 4.19. The Balaban J connectivity index is 2.22. The molecule has 0 spiro atoms. The summed E-state index contributed by atoms with van der Waals surface area (Å²) in [5, 5.41) is 0.900. The summed E-state index contributed by atoms with van der Waals surface area (Å²) in [5.41, 5.74) is 6.61. The lowest BCUT2D eigenvalue weighted by Crippen LogP contribution is -2.19. The predicted octanol–water partition coefficient (Wildman–Crippen LogP) is 1.33. The third-order valence-corrected chi connectivity index (χ3v) is 3.85. The third-order valence-electron chi connectivity index (χ3n) is 2.48. The van der Waals surface area contributed by atoms with E-state index in [4.69, 9.17) is 5.73 Å². The minimum atomic E-state index is -3.34. The molecule has 0 bridgehead atoms. The summed E-state index contributed by atoms with van der Waals surface area (Å²) in [5.74, 6) is 0.0241. The minimum Gasteiger partial charge on any atom is -0.330 e. The summed E-state index contributed by atoms with van der Waals surface area (Å²) in [6.45, 7) is 0.358. The molecule has 3 N–H and O–H groups in total. The van der Waals surface area contributed by atoms with Crippen molar-refractivity contribution in [3.8, 4) is 0 Å². The van der Waals surface area contributed by atoms with Crippen molar-refractivity contribution in [1.82, 2.24) is 4.98 Å². The number of nitrogens with zero attached hydrogens (tertiary/aromatic N) is 1. The Bertz CT molecular complexity index is 641. The van der Waals surface area contributed by atoms with Crippen LogP contribution in [-0.2, 0) is 10.0 Å². The molecule has 0 aliphatic heterocycles. The Morgan fingerprint density at radius 2 is 2.06 bits per heavy atom. The first kappa shape index (κ1) is 12.8. The first-order valence-electron chi connectivity index (χ1n) is 5.66. The van der Waals surface area contributed by atoms with Crippen LogP contribution in [0.25, 0.3) is 10.9 Å². The first-order chi connectivity index (χ1) is 8.61. The number of para-hydroxylation sites is 1. The van der Waals surface area contributed by atoms with Crippen LogP contribution >= 0.6 is 0 Å². The molecule has 0 atom stereocenters. The highest BCUT2D eigenvalue weighted by Gasteiger charge is 2.09. The van der Waals surface area contributed by atoms with E-state index in [1.165, 1.54) is 6.20 Å². The van der Waals surface area contributed by atoms with E-state index in [2.05, 4.69) is 9.71 Å². The number of benzene rings is 1. The van der Waals surface area contributed by atoms with Crippen LogP contribution in [0.4, 0.5) is 5.69 Å². The minimum absolute atomic E-state index is 0.0241. The number of aromatic nitrogens is 1. The van der Waals surface area contributed by atoms with Gasteiger partial charge in [0, 0.05) is 5.39 Å². The van der Waals surface area contributed by atoms with Gasteiger partial charge in [-0.15, -0.1) is 0 Å². The van der Waals surface area contributed by atoms with Gasteiger partial charge in [0.05, 0.1) is 23.2 Å². The Hall–Kier alpha value is -1.66. The molecule has 0 aliphatic rings. The number of rotatable bonds is 5. The van der Waals surface area contributed by atoms with Crippen LogP contribution in [0.2, 0.25) is 0 Å². The monoisotopic (exact) mass is 265 g/mol. The smallest absolute Gasteiger partial charge is 0.232 e. The Labute approximate surface area is 106 Å². The van der Waals surface area contributed by atoms with Crippen molar-refractivity contribution < 1.29 is 8.42 Å². The van der Waals surface area contributed by atoms with Crippen LogP contribution in [-0.4, -0.2) is 25.7 Å². The summed E-state index contributed by atoms with van der Waals surface area (Å²) >= 11 is 0. The number of hydrogen-bond acceptors (Lipinski definition) is 4. The standard InChI is InChI=1S/C12H15N3O2S/c13-6-3-7-18(16,17)15-11-8-10-4-1-2-5-12(10)14-9-11/h1-2,4-5,8-9,15H,3,6-7,13H2. The van der Waals surface area contributed by atoms with Crippen LogP contribution < -0.4 is 10.5 Å². The van der Waals surface area contributed by atoms with Crippen molar-refractivity contribution in [2.75, 3.05) is 17.0 Å². The highest BCUT2D eigenvalue weighted by Crippen LogP contribution is 2.17. The largest absolute Gasteiger partial charge is 0.330 e. The fourth-order valence-electron chi connectivity index (χ4n) is 1.63. The molecule has 2 rings (SSSR count). The molecule has 1 aromatic heterocycles. The van der Waals surface area contributed by atoms with Gasteiger partial charge in [-0.25, -0.2) is 8.42 Å². The molecule has 1 heterocycles. The Morgan fingerprint density at radius 3 is 2.83 bits per heavy atom. The molecule has 5 nitrogen and oxygen atoms in total. The summed E-state index contributed by atoms with van der Waals surface area (Å²) in [7, 11) is -3.34. The zero-order valence-corrected chi connectivity index (χ0v) is 10.7. The number of fused-ring (bicyclic) bond motifs is 1. The van der Waals surface area contributed by atoms with E-state index < -0.39 is 10.0 Å². The Morgan fingerprint density at radius 1 is 1.28 bits per heavy atom. The quantitative estimate of drug-likeness (QED) is 0.854. The Kier molecular flexibility index (Phi) is 3.78. The van der Waals surface area contributed by atoms with Crippen LogP contribution in [0.5, 0.6) is 0 Å². The van der Waals surface area contributed by atoms with Gasteiger partial charge in [0.15, 0.2) is 0 Å². The third kappa shape index (κ3) is 3.18. The van der Waals surface area contributed by atoms with Gasteiger partial charge in [0.1, 0.15) is 0 Å². The predicted molar refractivity (Wildman–Crippen MR) is 72.8 cm³/mol. The zero-order chi connectivity index (χ0) is 13.0. The van der Waals surface area contributed by atoms with Gasteiger partial charge < -0.3 is 5.73 Å². The first-order valence-corrected chi connectivity index (χ1v) is 7.31. The summed E-state index contributed by atoms with van der Waals surface area (Å²) in [6.07, 6.45) is 1.96. The molecule has 0 amide bonds. The molecule has 1 aromatic carbocycles. The van der Waals surface area contributed by atoms with E-state index in [1.54, 1.807) is 6.07 Å². The number of nitrogens with two attached hydrogens (primary N) is 1. The van der Waals surface area contributed by atoms with Crippen LogP contribution in [0.1, 0.15) is 6.42 Å². The molecule has 0 unspecified atom stereocenters. The summed E-state index contributed by atoms with van der Waals surface area (Å²) in [6, 6.07) is 9.31. The van der Waals surface area contributed by atoms with Gasteiger partial charge in [0.2, 0.25) is 10.0 Å². The van der Waals surface area contributed by atoms with Gasteiger partial charge in [-0.1, -0.05) is 18.2 Å². The van der Waals surface area contributed by atoms with Gasteiger partial charge >= 0.3 is 0 Å². The maximum Gasteiger partial charge on any atom is 0.232 e. The number of anilines is 1. The van der Waals surface area contributed by atoms with E-state index in [-0.39, 0.29) is 5.75 Å². The molecular formula is C12H15N3O2S. The van der Waals surface area contributed by atoms with E-state index in [0.29, 0.717) is 18.7 Å². The molecule has 18 heavy (non-hydrogen) atoms. The second-order valence-electron chi connectivity index (χ2n) is 3.98. The van der Waals surface area contributed by atoms with Crippen LogP contribution in [0, 0.1) is 0 Å². The molecule has 0 saturated heterocycles. The molecule has 0 radical (unpaired) electrons. The van der Waals surface area contributed by atoms with Gasteiger partial charge in [-0.2, -0.15) is 0 Å². The molecular weight excluding hydrogens is 250 g/mol. The number of pyridine rings is 1. The average molecular weight is 265 g/mol. The lowest BCUT2D eigenvalue weighted by Gasteiger charge is -2.07. The highest BCUT2D eigenvalue weighted by atomic mass is 32.2. The van der Waals surface area contributed by atoms with Crippen LogP contribution in [0.15, 0.2) is 36.5 Å². The molecule has 0 saturated carbocycles. The molecule has 96 valence electrons. The second kappa shape index (κ2) is 5.32. The molecule has 6 heteroatoms. The fraction of sp³-hybridized carbons (Fsp3) is 0.250. The topological polar surface area (TPSA) is 85.1 Å². The van der Waals surface area contributed by atoms with Crippen molar-refractivity contribution in [3.05, 3.63) is 36.5 Å². The fourth-order valence-corrected chi connectivity index (χ4v) is 2.75. The molecule has 2 aromatic rings. The van der Waals surface area contributed by atoms with Crippen molar-refractivity contribution in [2.45, 2.75) is 6.42 Å². The maximum absolute atomic E-state index is 11.7. The number of sulfonamides is 1. The van der Waals surface area contributed by atoms with Gasteiger partial charge in [0.25, 0.3) is 0 Å². The SMILES string of the molecule is NCCCS(=O)(=O)Nc1cnc2ccccc2c1. The van der Waals surface area contributed by atoms with E-state index in [1.807, 2.05) is 24.3 Å². The van der Waals surface area contributed by atoms with E-state index >= 15 is 0 Å². The van der Waals surface area contributed by atoms with E-state index in [0.717, 1.165) is 10.9 Å². The lowest BCUT2D eigenvalue weighted by atomic mass is 10.2. The van der Waals surface area contributed by atoms with Crippen molar-refractivity contribution in [1.29, 1.82) is 0 Å². The van der Waals surface area contributed by atoms with Gasteiger partial charge in [-0.05, 0) is 25.1 Å². The van der Waals surface area contributed by atoms with Crippen LogP contribution in [0.3, 0.4) is 0 Å². The van der Waals surface area contributed by atoms with Crippen molar-refractivity contribution in [3.63, 3.8) is 0 Å². The van der Waals surface area contributed by atoms with Crippen molar-refractivity contribution in [2.24, 2.45) is 5.73 Å². The van der Waals surface area contributed by atoms with Crippen molar-refractivity contribution >= 4 is 26.6 Å². The maximum atomic E-state index is 11.7. The highest BCUT2D eigenvalue weighted by molar-refractivity contribution is 7.92. The lowest BCUT2D eigenvalue weighted by molar-refractivity contribution is 0.598. The zero-order valence-electron chi connectivity index (χ0n) is 9.83. The van der Waals surface area contributed by atoms with E-state index in [9.17, 15) is 8.42 Å². The molecule has 0 fully saturated rings. The summed E-state index contributed by atoms with van der Waals surface area (Å²) < 4.78 is 25.9. The van der Waals surface area contributed by atoms with Gasteiger partial charge in [-0.3, -0.25) is 9.71 Å². The number of hydrogen-bond donors (Lipinski definition) is 2.